The number of hydrogen-bond acceptors (Lipinski definition) is 5. The van der Waals surface area contributed by atoms with Gasteiger partial charge in [0.15, 0.2) is 11.5 Å². The minimum Gasteiger partial charge on any atom is -0.493 e. The number of para-hydroxylation sites is 1. The Morgan fingerprint density at radius 1 is 1.03 bits per heavy atom. The number of ether oxygens (including phenoxy) is 3. The van der Waals surface area contributed by atoms with Crippen molar-refractivity contribution in [3.05, 3.63) is 53.2 Å². The number of aromatic amines is 1. The third-order valence-electron chi connectivity index (χ3n) is 7.32. The summed E-state index contributed by atoms with van der Waals surface area (Å²) in [5.74, 6) is 1.87. The van der Waals surface area contributed by atoms with Crippen LogP contribution < -0.4 is 14.2 Å². The normalized spacial score (nSPS) is 19.5. The average Bonchev–Trinajstić information content (AvgIpc) is 3.26. The third kappa shape index (κ3) is 3.85. The van der Waals surface area contributed by atoms with Gasteiger partial charge < -0.3 is 29.0 Å². The summed E-state index contributed by atoms with van der Waals surface area (Å²) in [5, 5.41) is 1.07. The highest BCUT2D eigenvalue weighted by Crippen LogP contribution is 2.47. The highest BCUT2D eigenvalue weighted by Gasteiger charge is 2.48. The molecule has 5 rings (SSSR count). The molecule has 36 heavy (non-hydrogen) atoms. The zero-order valence-corrected chi connectivity index (χ0v) is 21.5. The molecule has 2 atom stereocenters. The standard InChI is InChI=1S/C28H33N3O5/c1-16(2)10-11-30-15-24(32)31-21(28(30)33)14-19-18-8-6-7-9-20(18)29-25(19)26(31)17-12-22(34-3)27(36-5)23(13-17)35-4/h6-9,12-13,16,21,26,29H,10-11,14-15H2,1-5H3/t21-,26?/m1/s1. The molecule has 2 aliphatic heterocycles. The van der Waals surface area contributed by atoms with Crippen molar-refractivity contribution in [3.8, 4) is 17.2 Å². The Bertz CT molecular complexity index is 1290. The number of nitrogens with zero attached hydrogens (tertiary/aromatic N) is 2. The van der Waals surface area contributed by atoms with E-state index in [0.717, 1.165) is 34.1 Å². The second-order valence-electron chi connectivity index (χ2n) is 9.89. The summed E-state index contributed by atoms with van der Waals surface area (Å²) < 4.78 is 16.8. The number of H-pyrrole nitrogens is 1. The molecule has 8 heteroatoms. The number of hydrogen-bond donors (Lipinski definition) is 1. The van der Waals surface area contributed by atoms with Crippen molar-refractivity contribution in [1.82, 2.24) is 14.8 Å². The molecule has 1 fully saturated rings. The summed E-state index contributed by atoms with van der Waals surface area (Å²) in [6.45, 7) is 4.92. The van der Waals surface area contributed by atoms with Crippen LogP contribution in [-0.2, 0) is 16.0 Å². The third-order valence-corrected chi connectivity index (χ3v) is 7.32. The van der Waals surface area contributed by atoms with E-state index in [-0.39, 0.29) is 18.4 Å². The van der Waals surface area contributed by atoms with Crippen molar-refractivity contribution in [2.24, 2.45) is 5.92 Å². The summed E-state index contributed by atoms with van der Waals surface area (Å²) in [6, 6.07) is 10.7. The van der Waals surface area contributed by atoms with E-state index in [4.69, 9.17) is 14.2 Å². The molecule has 1 N–H and O–H groups in total. The van der Waals surface area contributed by atoms with Gasteiger partial charge in [0, 0.05) is 29.6 Å². The molecule has 190 valence electrons. The van der Waals surface area contributed by atoms with Crippen LogP contribution in [0.5, 0.6) is 17.2 Å². The molecule has 0 spiro atoms. The van der Waals surface area contributed by atoms with Crippen LogP contribution in [0.25, 0.3) is 10.9 Å². The van der Waals surface area contributed by atoms with E-state index in [1.54, 1.807) is 31.1 Å². The fourth-order valence-corrected chi connectivity index (χ4v) is 5.53. The Hall–Kier alpha value is -3.68. The molecule has 0 radical (unpaired) electrons. The molecule has 1 aromatic heterocycles. The van der Waals surface area contributed by atoms with Crippen LogP contribution in [-0.4, -0.2) is 67.1 Å². The predicted molar refractivity (Wildman–Crippen MR) is 137 cm³/mol. The lowest BCUT2D eigenvalue weighted by Crippen LogP contribution is -2.63. The minimum atomic E-state index is -0.575. The molecule has 3 heterocycles. The monoisotopic (exact) mass is 491 g/mol. The van der Waals surface area contributed by atoms with Crippen LogP contribution in [0.2, 0.25) is 0 Å². The maximum Gasteiger partial charge on any atom is 0.246 e. The Labute approximate surface area is 211 Å². The number of piperazine rings is 1. The number of carbonyl (C=O) groups is 2. The Kier molecular flexibility index (Phi) is 6.28. The number of aromatic nitrogens is 1. The van der Waals surface area contributed by atoms with E-state index in [1.807, 2.05) is 30.3 Å². The SMILES string of the molecule is COc1cc(C2c3[nH]c4ccccc4c3C[C@@H]3C(=O)N(CCC(C)C)CC(=O)N23)cc(OC)c1OC. The number of amides is 2. The molecule has 1 unspecified atom stereocenters. The highest BCUT2D eigenvalue weighted by molar-refractivity contribution is 5.97. The zero-order valence-electron chi connectivity index (χ0n) is 21.5. The van der Waals surface area contributed by atoms with Gasteiger partial charge in [0.2, 0.25) is 17.6 Å². The maximum atomic E-state index is 13.8. The van der Waals surface area contributed by atoms with Gasteiger partial charge in [-0.2, -0.15) is 0 Å². The van der Waals surface area contributed by atoms with Gasteiger partial charge in [0.25, 0.3) is 0 Å². The smallest absolute Gasteiger partial charge is 0.246 e. The molecular formula is C28H33N3O5. The van der Waals surface area contributed by atoms with Crippen LogP contribution in [0, 0.1) is 5.92 Å². The summed E-state index contributed by atoms with van der Waals surface area (Å²) >= 11 is 0. The van der Waals surface area contributed by atoms with Crippen molar-refractivity contribution < 1.29 is 23.8 Å². The fraction of sp³-hybridized carbons (Fsp3) is 0.429. The molecule has 8 nitrogen and oxygen atoms in total. The Morgan fingerprint density at radius 3 is 2.36 bits per heavy atom. The van der Waals surface area contributed by atoms with Crippen LogP contribution >= 0.6 is 0 Å². The number of rotatable bonds is 7. The Morgan fingerprint density at radius 2 is 1.72 bits per heavy atom. The van der Waals surface area contributed by atoms with Crippen LogP contribution in [0.1, 0.15) is 43.1 Å². The molecule has 2 aromatic carbocycles. The van der Waals surface area contributed by atoms with Crippen molar-refractivity contribution in [2.75, 3.05) is 34.4 Å². The van der Waals surface area contributed by atoms with E-state index in [2.05, 4.69) is 24.9 Å². The first-order chi connectivity index (χ1) is 17.4. The Balaban J connectivity index is 1.68. The first kappa shape index (κ1) is 24.0. The number of nitrogens with one attached hydrogen (secondary N) is 1. The number of methoxy groups -OCH3 is 3. The maximum absolute atomic E-state index is 13.8. The molecule has 3 aromatic rings. The summed E-state index contributed by atoms with van der Waals surface area (Å²) in [7, 11) is 4.70. The predicted octanol–water partition coefficient (Wildman–Crippen LogP) is 3.92. The van der Waals surface area contributed by atoms with Crippen molar-refractivity contribution in [1.29, 1.82) is 0 Å². The van der Waals surface area contributed by atoms with Crippen molar-refractivity contribution in [2.45, 2.75) is 38.8 Å². The van der Waals surface area contributed by atoms with E-state index in [0.29, 0.717) is 36.1 Å². The van der Waals surface area contributed by atoms with Gasteiger partial charge in [0.05, 0.1) is 33.9 Å². The van der Waals surface area contributed by atoms with Gasteiger partial charge in [-0.25, -0.2) is 0 Å². The molecule has 1 saturated heterocycles. The molecule has 2 amide bonds. The molecule has 0 aliphatic carbocycles. The van der Waals surface area contributed by atoms with E-state index in [1.165, 1.54) is 0 Å². The molecular weight excluding hydrogens is 458 g/mol. The van der Waals surface area contributed by atoms with Gasteiger partial charge in [-0.05, 0) is 41.7 Å². The highest BCUT2D eigenvalue weighted by atomic mass is 16.5. The van der Waals surface area contributed by atoms with Gasteiger partial charge in [-0.1, -0.05) is 32.0 Å². The van der Waals surface area contributed by atoms with Gasteiger partial charge in [-0.3, -0.25) is 9.59 Å². The van der Waals surface area contributed by atoms with Crippen LogP contribution in [0.4, 0.5) is 0 Å². The second kappa shape index (κ2) is 9.41. The van der Waals surface area contributed by atoms with Gasteiger partial charge in [0.1, 0.15) is 6.04 Å². The quantitative estimate of drug-likeness (QED) is 0.542. The summed E-state index contributed by atoms with van der Waals surface area (Å²) in [4.78, 5) is 34.5. The number of carbonyl (C=O) groups excluding carboxylic acids is 2. The van der Waals surface area contributed by atoms with Crippen molar-refractivity contribution in [3.63, 3.8) is 0 Å². The van der Waals surface area contributed by atoms with E-state index in [9.17, 15) is 9.59 Å². The van der Waals surface area contributed by atoms with Crippen molar-refractivity contribution >= 4 is 22.7 Å². The topological polar surface area (TPSA) is 84.1 Å². The fourth-order valence-electron chi connectivity index (χ4n) is 5.53. The molecule has 0 saturated carbocycles. The first-order valence-electron chi connectivity index (χ1n) is 12.4. The minimum absolute atomic E-state index is 0.00335. The number of benzene rings is 2. The molecule has 2 aliphatic rings. The first-order valence-corrected chi connectivity index (χ1v) is 12.4. The summed E-state index contributed by atoms with van der Waals surface area (Å²) in [5.41, 5.74) is 3.76. The molecule has 0 bridgehead atoms. The van der Waals surface area contributed by atoms with Gasteiger partial charge in [-0.15, -0.1) is 0 Å². The summed E-state index contributed by atoms with van der Waals surface area (Å²) in [6.07, 6.45) is 1.34. The zero-order chi connectivity index (χ0) is 25.6. The lowest BCUT2D eigenvalue weighted by Gasteiger charge is -2.47. The largest absolute Gasteiger partial charge is 0.493 e. The van der Waals surface area contributed by atoms with E-state index < -0.39 is 12.1 Å². The van der Waals surface area contributed by atoms with Crippen LogP contribution in [0.15, 0.2) is 36.4 Å². The van der Waals surface area contributed by atoms with Gasteiger partial charge >= 0.3 is 0 Å². The van der Waals surface area contributed by atoms with E-state index >= 15 is 0 Å². The second-order valence-corrected chi connectivity index (χ2v) is 9.89. The van der Waals surface area contributed by atoms with Crippen LogP contribution in [0.3, 0.4) is 0 Å². The number of fused-ring (bicyclic) bond motifs is 4. The lowest BCUT2D eigenvalue weighted by atomic mass is 9.86. The average molecular weight is 492 g/mol. The lowest BCUT2D eigenvalue weighted by molar-refractivity contribution is -0.158.